The molecule has 0 aliphatic rings. The summed E-state index contributed by atoms with van der Waals surface area (Å²) in [5.41, 5.74) is 1.99. The van der Waals surface area contributed by atoms with E-state index in [-0.39, 0.29) is 11.7 Å². The van der Waals surface area contributed by atoms with Gasteiger partial charge in [0.2, 0.25) is 5.91 Å². The van der Waals surface area contributed by atoms with E-state index in [2.05, 4.69) is 5.32 Å². The summed E-state index contributed by atoms with van der Waals surface area (Å²) in [6, 6.07) is 15.9. The molecule has 0 unspecified atom stereocenters. The van der Waals surface area contributed by atoms with Crippen LogP contribution in [0.1, 0.15) is 11.1 Å². The van der Waals surface area contributed by atoms with Crippen molar-refractivity contribution in [2.45, 2.75) is 6.42 Å². The number of carbonyl (C=O) groups excluding carboxylic acids is 1. The lowest BCUT2D eigenvalue weighted by Gasteiger charge is -2.02. The zero-order chi connectivity index (χ0) is 14.2. The molecule has 20 heavy (non-hydrogen) atoms. The second-order valence-electron chi connectivity index (χ2n) is 4.41. The molecule has 1 N–H and O–H groups in total. The van der Waals surface area contributed by atoms with Gasteiger partial charge in [-0.15, -0.1) is 0 Å². The summed E-state index contributed by atoms with van der Waals surface area (Å²) in [6.45, 7) is 0.531. The second-order valence-corrected chi connectivity index (χ2v) is 4.41. The maximum Gasteiger partial charge on any atom is 0.244 e. The van der Waals surface area contributed by atoms with Crippen LogP contribution in [0.25, 0.3) is 6.08 Å². The molecule has 102 valence electrons. The molecule has 0 aliphatic heterocycles. The molecule has 0 atom stereocenters. The first-order valence-corrected chi connectivity index (χ1v) is 6.49. The number of rotatable bonds is 5. The van der Waals surface area contributed by atoms with Gasteiger partial charge in [-0.3, -0.25) is 4.79 Å². The number of hydrogen-bond acceptors (Lipinski definition) is 1. The van der Waals surface area contributed by atoms with E-state index >= 15 is 0 Å². The van der Waals surface area contributed by atoms with Crippen LogP contribution < -0.4 is 5.32 Å². The minimum atomic E-state index is -0.247. The van der Waals surface area contributed by atoms with Crippen molar-refractivity contribution >= 4 is 12.0 Å². The fourth-order valence-electron chi connectivity index (χ4n) is 1.78. The maximum absolute atomic E-state index is 12.7. The molecular weight excluding hydrogens is 253 g/mol. The summed E-state index contributed by atoms with van der Waals surface area (Å²) < 4.78 is 12.7. The van der Waals surface area contributed by atoms with Crippen LogP contribution in [0.3, 0.4) is 0 Å². The summed E-state index contributed by atoms with van der Waals surface area (Å²) in [4.78, 5) is 11.6. The highest BCUT2D eigenvalue weighted by Gasteiger charge is 1.97. The minimum Gasteiger partial charge on any atom is -0.352 e. The number of amides is 1. The smallest absolute Gasteiger partial charge is 0.244 e. The zero-order valence-electron chi connectivity index (χ0n) is 11.1. The monoisotopic (exact) mass is 269 g/mol. The molecule has 0 aliphatic carbocycles. The first kappa shape index (κ1) is 14.0. The minimum absolute atomic E-state index is 0.129. The van der Waals surface area contributed by atoms with Gasteiger partial charge in [0, 0.05) is 12.6 Å². The van der Waals surface area contributed by atoms with Crippen LogP contribution in [0.2, 0.25) is 0 Å². The lowest BCUT2D eigenvalue weighted by atomic mass is 10.1. The predicted molar refractivity (Wildman–Crippen MR) is 78.6 cm³/mol. The summed E-state index contributed by atoms with van der Waals surface area (Å²) in [7, 11) is 0. The normalized spacial score (nSPS) is 10.7. The van der Waals surface area contributed by atoms with Crippen molar-refractivity contribution in [3.8, 4) is 0 Å². The van der Waals surface area contributed by atoms with Crippen molar-refractivity contribution in [2.75, 3.05) is 6.54 Å². The summed E-state index contributed by atoms with van der Waals surface area (Å²) in [5.74, 6) is -0.375. The molecule has 0 heterocycles. The Morgan fingerprint density at radius 2 is 1.75 bits per heavy atom. The fourth-order valence-corrected chi connectivity index (χ4v) is 1.78. The Hall–Kier alpha value is -2.42. The SMILES string of the molecule is O=C(/C=C/c1ccccc1)NCCc1ccc(F)cc1. The predicted octanol–water partition coefficient (Wildman–Crippen LogP) is 3.20. The van der Waals surface area contributed by atoms with Gasteiger partial charge in [-0.1, -0.05) is 42.5 Å². The molecule has 0 saturated carbocycles. The highest BCUT2D eigenvalue weighted by molar-refractivity contribution is 5.91. The topological polar surface area (TPSA) is 29.1 Å². The van der Waals surface area contributed by atoms with E-state index in [9.17, 15) is 9.18 Å². The van der Waals surface area contributed by atoms with Crippen molar-refractivity contribution in [1.82, 2.24) is 5.32 Å². The van der Waals surface area contributed by atoms with Crippen LogP contribution in [-0.4, -0.2) is 12.5 Å². The third kappa shape index (κ3) is 4.69. The number of carbonyl (C=O) groups is 1. The fraction of sp³-hybridized carbons (Fsp3) is 0.118. The molecule has 2 aromatic carbocycles. The van der Waals surface area contributed by atoms with Gasteiger partial charge >= 0.3 is 0 Å². The van der Waals surface area contributed by atoms with E-state index in [4.69, 9.17) is 0 Å². The first-order valence-electron chi connectivity index (χ1n) is 6.49. The molecule has 0 spiro atoms. The van der Waals surface area contributed by atoms with Gasteiger partial charge in [-0.25, -0.2) is 4.39 Å². The van der Waals surface area contributed by atoms with Crippen LogP contribution in [0.5, 0.6) is 0 Å². The van der Waals surface area contributed by atoms with Crippen molar-refractivity contribution in [3.05, 3.63) is 77.6 Å². The molecule has 1 amide bonds. The van der Waals surface area contributed by atoms with Gasteiger partial charge in [0.1, 0.15) is 5.82 Å². The Balaban J connectivity index is 1.75. The molecule has 0 fully saturated rings. The van der Waals surface area contributed by atoms with Crippen LogP contribution in [-0.2, 0) is 11.2 Å². The van der Waals surface area contributed by atoms with E-state index in [1.165, 1.54) is 18.2 Å². The van der Waals surface area contributed by atoms with Gasteiger partial charge in [-0.05, 0) is 35.8 Å². The van der Waals surface area contributed by atoms with E-state index < -0.39 is 0 Å². The average Bonchev–Trinajstić information content (AvgIpc) is 2.48. The van der Waals surface area contributed by atoms with Crippen LogP contribution in [0.4, 0.5) is 4.39 Å². The summed E-state index contributed by atoms with van der Waals surface area (Å²) in [6.07, 6.45) is 3.97. The van der Waals surface area contributed by atoms with Crippen molar-refractivity contribution in [3.63, 3.8) is 0 Å². The van der Waals surface area contributed by atoms with Crippen molar-refractivity contribution in [2.24, 2.45) is 0 Å². The van der Waals surface area contributed by atoms with Crippen molar-refractivity contribution < 1.29 is 9.18 Å². The van der Waals surface area contributed by atoms with Crippen LogP contribution in [0.15, 0.2) is 60.7 Å². The quantitative estimate of drug-likeness (QED) is 0.830. The molecule has 0 saturated heterocycles. The summed E-state index contributed by atoms with van der Waals surface area (Å²) in [5, 5.41) is 2.80. The molecule has 0 radical (unpaired) electrons. The van der Waals surface area contributed by atoms with E-state index in [1.54, 1.807) is 18.2 Å². The highest BCUT2D eigenvalue weighted by atomic mass is 19.1. The standard InChI is InChI=1S/C17H16FNO/c18-16-9-6-15(7-10-16)12-13-19-17(20)11-8-14-4-2-1-3-5-14/h1-11H,12-13H2,(H,19,20)/b11-8+. The average molecular weight is 269 g/mol. The summed E-state index contributed by atoms with van der Waals surface area (Å²) >= 11 is 0. The second kappa shape index (κ2) is 7.24. The van der Waals surface area contributed by atoms with Crippen LogP contribution >= 0.6 is 0 Å². The van der Waals surface area contributed by atoms with Gasteiger partial charge in [0.05, 0.1) is 0 Å². The van der Waals surface area contributed by atoms with Crippen LogP contribution in [0, 0.1) is 5.82 Å². The lowest BCUT2D eigenvalue weighted by Crippen LogP contribution is -2.23. The van der Waals surface area contributed by atoms with E-state index in [0.717, 1.165) is 11.1 Å². The highest BCUT2D eigenvalue weighted by Crippen LogP contribution is 2.03. The third-order valence-electron chi connectivity index (χ3n) is 2.85. The third-order valence-corrected chi connectivity index (χ3v) is 2.85. The van der Waals surface area contributed by atoms with Gasteiger partial charge in [-0.2, -0.15) is 0 Å². The Morgan fingerprint density at radius 1 is 1.05 bits per heavy atom. The lowest BCUT2D eigenvalue weighted by molar-refractivity contribution is -0.116. The van der Waals surface area contributed by atoms with Gasteiger partial charge in [0.25, 0.3) is 0 Å². The maximum atomic E-state index is 12.7. The molecule has 2 rings (SSSR count). The first-order chi connectivity index (χ1) is 9.74. The zero-order valence-corrected chi connectivity index (χ0v) is 11.1. The van der Waals surface area contributed by atoms with Crippen molar-refractivity contribution in [1.29, 1.82) is 0 Å². The number of nitrogens with one attached hydrogen (secondary N) is 1. The molecule has 0 bridgehead atoms. The molecule has 2 aromatic rings. The number of benzene rings is 2. The Kier molecular flexibility index (Phi) is 5.07. The van der Waals surface area contributed by atoms with Gasteiger partial charge in [0.15, 0.2) is 0 Å². The Morgan fingerprint density at radius 3 is 2.45 bits per heavy atom. The Labute approximate surface area is 118 Å². The molecule has 0 aromatic heterocycles. The molecular formula is C17H16FNO. The number of hydrogen-bond donors (Lipinski definition) is 1. The Bertz CT molecular complexity index is 576. The molecule has 2 nitrogen and oxygen atoms in total. The number of halogens is 1. The van der Waals surface area contributed by atoms with E-state index in [1.807, 2.05) is 30.3 Å². The molecule has 3 heteroatoms. The largest absolute Gasteiger partial charge is 0.352 e. The van der Waals surface area contributed by atoms with Gasteiger partial charge < -0.3 is 5.32 Å². The van der Waals surface area contributed by atoms with E-state index in [0.29, 0.717) is 13.0 Å².